The van der Waals surface area contributed by atoms with Crippen LogP contribution in [0.25, 0.3) is 22.2 Å². The third-order valence-corrected chi connectivity index (χ3v) is 4.87. The number of nitrogens with zero attached hydrogens (tertiary/aromatic N) is 4. The number of nitro groups is 2. The van der Waals surface area contributed by atoms with Crippen LogP contribution in [0.15, 0.2) is 42.5 Å². The van der Waals surface area contributed by atoms with Gasteiger partial charge in [-0.25, -0.2) is 4.98 Å². The van der Waals surface area contributed by atoms with Crippen LogP contribution in [0.4, 0.5) is 11.4 Å². The van der Waals surface area contributed by atoms with Crippen molar-refractivity contribution in [2.75, 3.05) is 6.54 Å². The Labute approximate surface area is 169 Å². The molecule has 2 amide bonds. The highest BCUT2D eigenvalue weighted by Crippen LogP contribution is 2.40. The highest BCUT2D eigenvalue weighted by Gasteiger charge is 2.41. The predicted octanol–water partition coefficient (Wildman–Crippen LogP) is 3.72. The van der Waals surface area contributed by atoms with Gasteiger partial charge in [0.25, 0.3) is 17.5 Å². The molecule has 10 nitrogen and oxygen atoms in total. The topological polar surface area (TPSA) is 137 Å². The molecule has 0 N–H and O–H groups in total. The van der Waals surface area contributed by atoms with Crippen LogP contribution in [0.2, 0.25) is 0 Å². The Hall–Kier alpha value is -4.21. The summed E-state index contributed by atoms with van der Waals surface area (Å²) in [5.74, 6) is -1.21. The number of hydrogen-bond acceptors (Lipinski definition) is 7. The first kappa shape index (κ1) is 19.1. The number of hydrogen-bond donors (Lipinski definition) is 0. The van der Waals surface area contributed by atoms with Gasteiger partial charge < -0.3 is 0 Å². The number of amides is 2. The molecule has 0 aliphatic carbocycles. The lowest BCUT2D eigenvalue weighted by atomic mass is 9.97. The highest BCUT2D eigenvalue weighted by atomic mass is 16.6. The molecule has 0 fully saturated rings. The van der Waals surface area contributed by atoms with Crippen molar-refractivity contribution in [1.82, 2.24) is 9.88 Å². The van der Waals surface area contributed by atoms with Crippen molar-refractivity contribution >= 4 is 34.1 Å². The Kier molecular flexibility index (Phi) is 4.46. The number of pyridine rings is 1. The molecule has 0 spiro atoms. The fourth-order valence-electron chi connectivity index (χ4n) is 3.60. The molecule has 0 bridgehead atoms. The minimum atomic E-state index is -0.783. The molecule has 4 rings (SSSR count). The first-order chi connectivity index (χ1) is 14.3. The van der Waals surface area contributed by atoms with Crippen molar-refractivity contribution in [2.24, 2.45) is 0 Å². The molecule has 0 saturated heterocycles. The molecule has 1 aromatic heterocycles. The first-order valence-corrected chi connectivity index (χ1v) is 9.07. The van der Waals surface area contributed by atoms with E-state index in [4.69, 9.17) is 0 Å². The number of carbonyl (C=O) groups excluding carboxylic acids is 2. The smallest absolute Gasteiger partial charge is 0.274 e. The summed E-state index contributed by atoms with van der Waals surface area (Å²) in [6.07, 6.45) is 0.512. The quantitative estimate of drug-likeness (QED) is 0.358. The number of fused-ring (bicyclic) bond motifs is 3. The van der Waals surface area contributed by atoms with E-state index in [1.807, 2.05) is 0 Å². The Morgan fingerprint density at radius 1 is 0.967 bits per heavy atom. The van der Waals surface area contributed by atoms with E-state index in [1.165, 1.54) is 0 Å². The van der Waals surface area contributed by atoms with Crippen LogP contribution in [0.1, 0.15) is 34.1 Å². The summed E-state index contributed by atoms with van der Waals surface area (Å²) >= 11 is 0. The minimum Gasteiger partial charge on any atom is -0.274 e. The fourth-order valence-corrected chi connectivity index (χ4v) is 3.60. The molecule has 150 valence electrons. The zero-order chi connectivity index (χ0) is 21.6. The third kappa shape index (κ3) is 2.77. The van der Waals surface area contributed by atoms with Crippen LogP contribution in [0.5, 0.6) is 0 Å². The molecule has 10 heteroatoms. The summed E-state index contributed by atoms with van der Waals surface area (Å²) in [6, 6.07) is 10.4. The van der Waals surface area contributed by atoms with Crippen molar-refractivity contribution in [3.05, 3.63) is 73.8 Å². The second-order valence-corrected chi connectivity index (χ2v) is 6.71. The summed E-state index contributed by atoms with van der Waals surface area (Å²) in [6.45, 7) is 1.95. The molecule has 3 aromatic rings. The average molecular weight is 406 g/mol. The van der Waals surface area contributed by atoms with Gasteiger partial charge in [0.05, 0.1) is 32.7 Å². The van der Waals surface area contributed by atoms with Gasteiger partial charge in [-0.05, 0) is 6.42 Å². The molecule has 2 aromatic carbocycles. The van der Waals surface area contributed by atoms with Crippen molar-refractivity contribution in [3.63, 3.8) is 0 Å². The van der Waals surface area contributed by atoms with Gasteiger partial charge in [0, 0.05) is 23.6 Å². The molecule has 0 unspecified atom stereocenters. The van der Waals surface area contributed by atoms with Gasteiger partial charge in [0.2, 0.25) is 0 Å². The van der Waals surface area contributed by atoms with Crippen LogP contribution in [-0.4, -0.2) is 38.1 Å². The Balaban J connectivity index is 2.18. The zero-order valence-electron chi connectivity index (χ0n) is 15.7. The van der Waals surface area contributed by atoms with E-state index >= 15 is 0 Å². The van der Waals surface area contributed by atoms with E-state index < -0.39 is 33.0 Å². The zero-order valence-corrected chi connectivity index (χ0v) is 15.7. The lowest BCUT2D eigenvalue weighted by Crippen LogP contribution is -2.30. The van der Waals surface area contributed by atoms with E-state index in [1.54, 1.807) is 37.3 Å². The maximum Gasteiger partial charge on any atom is 0.302 e. The van der Waals surface area contributed by atoms with Crippen LogP contribution >= 0.6 is 0 Å². The first-order valence-electron chi connectivity index (χ1n) is 9.07. The molecule has 2 heterocycles. The van der Waals surface area contributed by atoms with Crippen molar-refractivity contribution < 1.29 is 19.4 Å². The van der Waals surface area contributed by atoms with E-state index in [0.29, 0.717) is 12.0 Å². The summed E-state index contributed by atoms with van der Waals surface area (Å²) < 4.78 is 0. The molecule has 0 atom stereocenters. The third-order valence-electron chi connectivity index (χ3n) is 4.87. The number of aromatic nitrogens is 1. The summed E-state index contributed by atoms with van der Waals surface area (Å²) in [4.78, 5) is 52.9. The number of benzene rings is 2. The highest BCUT2D eigenvalue weighted by molar-refractivity contribution is 6.28. The summed E-state index contributed by atoms with van der Waals surface area (Å²) in [5.41, 5.74) is -0.795. The average Bonchev–Trinajstić information content (AvgIpc) is 2.98. The lowest BCUT2D eigenvalue weighted by molar-refractivity contribution is -0.393. The molecular weight excluding hydrogens is 392 g/mol. The van der Waals surface area contributed by atoms with Gasteiger partial charge >= 0.3 is 5.69 Å². The van der Waals surface area contributed by atoms with Gasteiger partial charge in [0.1, 0.15) is 5.52 Å². The van der Waals surface area contributed by atoms with Crippen LogP contribution in [0, 0.1) is 20.2 Å². The molecule has 1 aliphatic heterocycles. The minimum absolute atomic E-state index is 0.00180. The lowest BCUT2D eigenvalue weighted by Gasteiger charge is -2.11. The standard InChI is InChI=1S/C20H14N4O6/c1-2-8-22-19(25)15-13-9-12(23(27)28)10-14(24(29)30)18(13)21-17(16(15)20(22)26)11-6-4-3-5-7-11/h3-7,9-10H,2,8H2,1H3. The number of non-ortho nitro benzene ring substituents is 2. The van der Waals surface area contributed by atoms with Crippen molar-refractivity contribution in [2.45, 2.75) is 13.3 Å². The largest absolute Gasteiger partial charge is 0.302 e. The molecule has 0 saturated carbocycles. The van der Waals surface area contributed by atoms with Crippen LogP contribution in [-0.2, 0) is 0 Å². The molecule has 1 aliphatic rings. The van der Waals surface area contributed by atoms with Gasteiger partial charge in [0.15, 0.2) is 0 Å². The molecule has 30 heavy (non-hydrogen) atoms. The summed E-state index contributed by atoms with van der Waals surface area (Å²) in [7, 11) is 0. The van der Waals surface area contributed by atoms with Crippen molar-refractivity contribution in [3.8, 4) is 11.3 Å². The Morgan fingerprint density at radius 3 is 2.23 bits per heavy atom. The monoisotopic (exact) mass is 406 g/mol. The number of nitro benzene ring substituents is 2. The van der Waals surface area contributed by atoms with Gasteiger partial charge in [-0.3, -0.25) is 34.7 Å². The van der Waals surface area contributed by atoms with Crippen LogP contribution in [0.3, 0.4) is 0 Å². The summed E-state index contributed by atoms with van der Waals surface area (Å²) in [5, 5.41) is 22.9. The normalized spacial score (nSPS) is 13.0. The van der Waals surface area contributed by atoms with E-state index in [9.17, 15) is 29.8 Å². The second-order valence-electron chi connectivity index (χ2n) is 6.71. The van der Waals surface area contributed by atoms with E-state index in [0.717, 1.165) is 17.0 Å². The van der Waals surface area contributed by atoms with Gasteiger partial charge in [-0.15, -0.1) is 0 Å². The Morgan fingerprint density at radius 2 is 1.63 bits per heavy atom. The van der Waals surface area contributed by atoms with Crippen LogP contribution < -0.4 is 0 Å². The fraction of sp³-hybridized carbons (Fsp3) is 0.150. The molecular formula is C20H14N4O6. The van der Waals surface area contributed by atoms with Gasteiger partial charge in [-0.2, -0.15) is 0 Å². The maximum atomic E-state index is 13.1. The van der Waals surface area contributed by atoms with E-state index in [2.05, 4.69) is 4.98 Å². The van der Waals surface area contributed by atoms with Gasteiger partial charge in [-0.1, -0.05) is 37.3 Å². The molecule has 0 radical (unpaired) electrons. The number of carbonyl (C=O) groups is 2. The Bertz CT molecular complexity index is 1260. The number of imide groups is 1. The van der Waals surface area contributed by atoms with Crippen molar-refractivity contribution in [1.29, 1.82) is 0 Å². The SMILES string of the molecule is CCCN1C(=O)c2c(-c3ccccc3)nc3c([N+](=O)[O-])cc([N+](=O)[O-])cc3c2C1=O. The predicted molar refractivity (Wildman–Crippen MR) is 106 cm³/mol. The number of rotatable bonds is 5. The maximum absolute atomic E-state index is 13.1. The van der Waals surface area contributed by atoms with E-state index in [-0.39, 0.29) is 34.3 Å². The second kappa shape index (κ2) is 6.99.